The van der Waals surface area contributed by atoms with Gasteiger partial charge >= 0.3 is 0 Å². The first kappa shape index (κ1) is 8.75. The second kappa shape index (κ2) is 3.50. The van der Waals surface area contributed by atoms with Gasteiger partial charge in [0, 0.05) is 31.6 Å². The summed E-state index contributed by atoms with van der Waals surface area (Å²) in [6, 6.07) is 0.219. The second-order valence-corrected chi connectivity index (χ2v) is 3.98. The Labute approximate surface area is 79.0 Å². The molecule has 0 saturated heterocycles. The number of nitrogens with zero attached hydrogens (tertiary/aromatic N) is 2. The van der Waals surface area contributed by atoms with Crippen molar-refractivity contribution in [3.05, 3.63) is 17.7 Å². The average Bonchev–Trinajstić information content (AvgIpc) is 2.44. The molecule has 0 fully saturated rings. The topological polar surface area (TPSA) is 43.8 Å². The zero-order chi connectivity index (χ0) is 9.26. The third kappa shape index (κ3) is 1.91. The van der Waals surface area contributed by atoms with Crippen LogP contribution in [-0.4, -0.2) is 15.6 Å². The number of hydrogen-bond donors (Lipinski definition) is 1. The van der Waals surface area contributed by atoms with Gasteiger partial charge in [-0.1, -0.05) is 0 Å². The van der Waals surface area contributed by atoms with Gasteiger partial charge in [-0.25, -0.2) is 4.98 Å². The summed E-state index contributed by atoms with van der Waals surface area (Å²) in [5.74, 6) is 1.25. The van der Waals surface area contributed by atoms with E-state index in [0.717, 1.165) is 25.1 Å². The van der Waals surface area contributed by atoms with Crippen molar-refractivity contribution in [3.63, 3.8) is 0 Å². The number of aryl methyl sites for hydroxylation is 2. The average molecular weight is 179 g/mol. The van der Waals surface area contributed by atoms with Crippen LogP contribution in [0.2, 0.25) is 0 Å². The molecule has 72 valence electrons. The summed E-state index contributed by atoms with van der Waals surface area (Å²) in [6.45, 7) is 3.17. The van der Waals surface area contributed by atoms with Crippen LogP contribution in [0.25, 0.3) is 0 Å². The Hall–Kier alpha value is -0.830. The highest BCUT2D eigenvalue weighted by Crippen LogP contribution is 2.14. The van der Waals surface area contributed by atoms with E-state index in [0.29, 0.717) is 0 Å². The maximum absolute atomic E-state index is 5.73. The molecule has 3 heteroatoms. The fraction of sp³-hybridized carbons (Fsp3) is 0.700. The Morgan fingerprint density at radius 3 is 3.15 bits per heavy atom. The Morgan fingerprint density at radius 2 is 2.46 bits per heavy atom. The normalized spacial score (nSPS) is 18.3. The molecule has 1 aliphatic rings. The molecule has 0 saturated carbocycles. The summed E-state index contributed by atoms with van der Waals surface area (Å²) < 4.78 is 2.28. The van der Waals surface area contributed by atoms with Crippen LogP contribution in [-0.2, 0) is 19.4 Å². The van der Waals surface area contributed by atoms with Crippen molar-refractivity contribution in [2.45, 2.75) is 45.2 Å². The zero-order valence-electron chi connectivity index (χ0n) is 8.16. The lowest BCUT2D eigenvalue weighted by Crippen LogP contribution is -2.17. The molecule has 1 aliphatic heterocycles. The SMILES string of the molecule is C[C@H](N)Cc1cn2c(n1)CCCC2. The molecule has 1 aromatic rings. The van der Waals surface area contributed by atoms with Crippen molar-refractivity contribution >= 4 is 0 Å². The maximum atomic E-state index is 5.73. The van der Waals surface area contributed by atoms with Gasteiger partial charge in [-0.15, -0.1) is 0 Å². The number of nitrogens with two attached hydrogens (primary N) is 1. The van der Waals surface area contributed by atoms with Gasteiger partial charge in [0.25, 0.3) is 0 Å². The monoisotopic (exact) mass is 179 g/mol. The molecule has 0 amide bonds. The van der Waals surface area contributed by atoms with Gasteiger partial charge in [0.15, 0.2) is 0 Å². The Balaban J connectivity index is 2.15. The molecule has 0 spiro atoms. The van der Waals surface area contributed by atoms with E-state index < -0.39 is 0 Å². The summed E-state index contributed by atoms with van der Waals surface area (Å²) in [5, 5.41) is 0. The molecule has 0 aliphatic carbocycles. The summed E-state index contributed by atoms with van der Waals surface area (Å²) in [6.07, 6.45) is 6.78. The largest absolute Gasteiger partial charge is 0.335 e. The molecule has 0 aromatic carbocycles. The minimum atomic E-state index is 0.219. The van der Waals surface area contributed by atoms with Crippen LogP contribution in [0.1, 0.15) is 31.3 Å². The molecule has 2 N–H and O–H groups in total. The number of aromatic nitrogens is 2. The van der Waals surface area contributed by atoms with Crippen molar-refractivity contribution in [1.29, 1.82) is 0 Å². The maximum Gasteiger partial charge on any atom is 0.108 e. The van der Waals surface area contributed by atoms with Crippen LogP contribution in [0.5, 0.6) is 0 Å². The number of imidazole rings is 1. The summed E-state index contributed by atoms with van der Waals surface area (Å²) in [7, 11) is 0. The van der Waals surface area contributed by atoms with Crippen LogP contribution >= 0.6 is 0 Å². The quantitative estimate of drug-likeness (QED) is 0.739. The van der Waals surface area contributed by atoms with Crippen LogP contribution in [0.4, 0.5) is 0 Å². The number of rotatable bonds is 2. The Morgan fingerprint density at radius 1 is 1.62 bits per heavy atom. The predicted molar refractivity (Wildman–Crippen MR) is 52.5 cm³/mol. The van der Waals surface area contributed by atoms with E-state index in [9.17, 15) is 0 Å². The van der Waals surface area contributed by atoms with Crippen molar-refractivity contribution < 1.29 is 0 Å². The molecule has 2 rings (SSSR count). The van der Waals surface area contributed by atoms with Gasteiger partial charge in [0.2, 0.25) is 0 Å². The van der Waals surface area contributed by atoms with Crippen LogP contribution in [0, 0.1) is 0 Å². The lowest BCUT2D eigenvalue weighted by Gasteiger charge is -2.11. The van der Waals surface area contributed by atoms with Crippen molar-refractivity contribution in [2.24, 2.45) is 5.73 Å². The van der Waals surface area contributed by atoms with Crippen molar-refractivity contribution in [2.75, 3.05) is 0 Å². The predicted octanol–water partition coefficient (Wildman–Crippen LogP) is 1.11. The summed E-state index contributed by atoms with van der Waals surface area (Å²) in [4.78, 5) is 4.57. The van der Waals surface area contributed by atoms with Gasteiger partial charge < -0.3 is 10.3 Å². The van der Waals surface area contributed by atoms with E-state index in [2.05, 4.69) is 15.7 Å². The van der Waals surface area contributed by atoms with E-state index in [1.807, 2.05) is 6.92 Å². The molecule has 1 atom stereocenters. The molecular formula is C10H17N3. The van der Waals surface area contributed by atoms with Crippen LogP contribution < -0.4 is 5.73 Å². The van der Waals surface area contributed by atoms with E-state index in [1.165, 1.54) is 18.7 Å². The zero-order valence-corrected chi connectivity index (χ0v) is 8.16. The first-order valence-corrected chi connectivity index (χ1v) is 5.06. The molecule has 2 heterocycles. The van der Waals surface area contributed by atoms with Crippen molar-refractivity contribution in [3.8, 4) is 0 Å². The fourth-order valence-electron chi connectivity index (χ4n) is 1.90. The number of fused-ring (bicyclic) bond motifs is 1. The van der Waals surface area contributed by atoms with Crippen LogP contribution in [0.15, 0.2) is 6.20 Å². The number of hydrogen-bond acceptors (Lipinski definition) is 2. The summed E-state index contributed by atoms with van der Waals surface area (Å²) >= 11 is 0. The highest BCUT2D eigenvalue weighted by Gasteiger charge is 2.12. The minimum Gasteiger partial charge on any atom is -0.335 e. The third-order valence-corrected chi connectivity index (χ3v) is 2.49. The molecule has 0 unspecified atom stereocenters. The molecule has 3 nitrogen and oxygen atoms in total. The van der Waals surface area contributed by atoms with E-state index in [-0.39, 0.29) is 6.04 Å². The van der Waals surface area contributed by atoms with Gasteiger partial charge in [-0.05, 0) is 19.8 Å². The minimum absolute atomic E-state index is 0.219. The van der Waals surface area contributed by atoms with E-state index >= 15 is 0 Å². The second-order valence-electron chi connectivity index (χ2n) is 3.98. The van der Waals surface area contributed by atoms with E-state index in [4.69, 9.17) is 5.73 Å². The molecular weight excluding hydrogens is 162 g/mol. The van der Waals surface area contributed by atoms with Gasteiger partial charge in [-0.3, -0.25) is 0 Å². The molecule has 0 bridgehead atoms. The van der Waals surface area contributed by atoms with Crippen LogP contribution in [0.3, 0.4) is 0 Å². The Kier molecular flexibility index (Phi) is 2.36. The summed E-state index contributed by atoms with van der Waals surface area (Å²) in [5.41, 5.74) is 6.89. The standard InChI is InChI=1S/C10H17N3/c1-8(11)6-9-7-13-5-3-2-4-10(13)12-9/h7-8H,2-6,11H2,1H3/t8-/m0/s1. The molecule has 13 heavy (non-hydrogen) atoms. The fourth-order valence-corrected chi connectivity index (χ4v) is 1.90. The third-order valence-electron chi connectivity index (χ3n) is 2.49. The van der Waals surface area contributed by atoms with E-state index in [1.54, 1.807) is 0 Å². The first-order valence-electron chi connectivity index (χ1n) is 5.06. The first-order chi connectivity index (χ1) is 6.25. The Bertz CT molecular complexity index is 265. The smallest absolute Gasteiger partial charge is 0.108 e. The molecule has 1 aromatic heterocycles. The highest BCUT2D eigenvalue weighted by atomic mass is 15.1. The lowest BCUT2D eigenvalue weighted by molar-refractivity contribution is 0.522. The van der Waals surface area contributed by atoms with Gasteiger partial charge in [-0.2, -0.15) is 0 Å². The van der Waals surface area contributed by atoms with Crippen molar-refractivity contribution in [1.82, 2.24) is 9.55 Å². The highest BCUT2D eigenvalue weighted by molar-refractivity contribution is 5.07. The van der Waals surface area contributed by atoms with Gasteiger partial charge in [0.1, 0.15) is 5.82 Å². The molecule has 0 radical (unpaired) electrons. The van der Waals surface area contributed by atoms with Gasteiger partial charge in [0.05, 0.1) is 5.69 Å². The lowest BCUT2D eigenvalue weighted by atomic mass is 10.2.